The standard InChI is InChI=1S/C12H15ClO3/c1-15-11-4-2-10(3-5-11)9-16-12(8-13)6-7-14/h2-5,7,12H,6,8-9H2,1H3/t12-/m0/s1. The lowest BCUT2D eigenvalue weighted by atomic mass is 10.2. The van der Waals surface area contributed by atoms with E-state index < -0.39 is 0 Å². The van der Waals surface area contributed by atoms with Gasteiger partial charge < -0.3 is 14.3 Å². The molecule has 1 aromatic carbocycles. The van der Waals surface area contributed by atoms with Gasteiger partial charge in [0.2, 0.25) is 0 Å². The van der Waals surface area contributed by atoms with E-state index in [-0.39, 0.29) is 6.10 Å². The van der Waals surface area contributed by atoms with E-state index in [9.17, 15) is 4.79 Å². The highest BCUT2D eigenvalue weighted by molar-refractivity contribution is 6.18. The van der Waals surface area contributed by atoms with Crippen molar-refractivity contribution in [1.82, 2.24) is 0 Å². The van der Waals surface area contributed by atoms with Gasteiger partial charge in [-0.05, 0) is 17.7 Å². The molecule has 3 nitrogen and oxygen atoms in total. The van der Waals surface area contributed by atoms with Gasteiger partial charge in [-0.15, -0.1) is 11.6 Å². The predicted octanol–water partition coefficient (Wildman–Crippen LogP) is 2.41. The monoisotopic (exact) mass is 242 g/mol. The van der Waals surface area contributed by atoms with Crippen molar-refractivity contribution in [3.05, 3.63) is 29.8 Å². The maximum absolute atomic E-state index is 10.3. The summed E-state index contributed by atoms with van der Waals surface area (Å²) in [6, 6.07) is 7.58. The van der Waals surface area contributed by atoms with Crippen LogP contribution in [-0.2, 0) is 16.1 Å². The zero-order valence-electron chi connectivity index (χ0n) is 9.19. The zero-order chi connectivity index (χ0) is 11.8. The Morgan fingerprint density at radius 2 is 2.06 bits per heavy atom. The summed E-state index contributed by atoms with van der Waals surface area (Å²) in [5.74, 6) is 1.14. The number of hydrogen-bond donors (Lipinski definition) is 0. The highest BCUT2D eigenvalue weighted by Crippen LogP contribution is 2.13. The van der Waals surface area contributed by atoms with Crippen molar-refractivity contribution in [3.8, 4) is 5.75 Å². The Labute approximate surface area is 100 Å². The molecular formula is C12H15ClO3. The van der Waals surface area contributed by atoms with E-state index in [0.29, 0.717) is 18.9 Å². The van der Waals surface area contributed by atoms with E-state index in [0.717, 1.165) is 17.6 Å². The molecule has 0 aliphatic carbocycles. The van der Waals surface area contributed by atoms with Crippen molar-refractivity contribution in [3.63, 3.8) is 0 Å². The number of methoxy groups -OCH3 is 1. The molecule has 16 heavy (non-hydrogen) atoms. The first-order chi connectivity index (χ1) is 7.80. The Kier molecular flexibility index (Phi) is 5.90. The molecule has 0 saturated carbocycles. The number of rotatable bonds is 7. The smallest absolute Gasteiger partial charge is 0.122 e. The third kappa shape index (κ3) is 4.21. The number of benzene rings is 1. The number of aldehydes is 1. The largest absolute Gasteiger partial charge is 0.497 e. The van der Waals surface area contributed by atoms with Crippen LogP contribution in [0.1, 0.15) is 12.0 Å². The van der Waals surface area contributed by atoms with Crippen LogP contribution in [0.15, 0.2) is 24.3 Å². The molecule has 0 unspecified atom stereocenters. The zero-order valence-corrected chi connectivity index (χ0v) is 9.94. The van der Waals surface area contributed by atoms with Crippen LogP contribution in [-0.4, -0.2) is 25.4 Å². The molecule has 88 valence electrons. The normalized spacial score (nSPS) is 12.1. The molecular weight excluding hydrogens is 228 g/mol. The number of ether oxygens (including phenoxy) is 2. The summed E-state index contributed by atoms with van der Waals surface area (Å²) in [6.45, 7) is 0.454. The first kappa shape index (κ1) is 13.0. The molecule has 1 aromatic rings. The number of alkyl halides is 1. The molecule has 0 saturated heterocycles. The Morgan fingerprint density at radius 1 is 1.38 bits per heavy atom. The van der Waals surface area contributed by atoms with Crippen molar-refractivity contribution >= 4 is 17.9 Å². The highest BCUT2D eigenvalue weighted by Gasteiger charge is 2.06. The van der Waals surface area contributed by atoms with Crippen LogP contribution in [0.25, 0.3) is 0 Å². The topological polar surface area (TPSA) is 35.5 Å². The molecule has 0 heterocycles. The second-order valence-corrected chi connectivity index (χ2v) is 3.65. The van der Waals surface area contributed by atoms with Gasteiger partial charge in [0.15, 0.2) is 0 Å². The van der Waals surface area contributed by atoms with Gasteiger partial charge in [-0.25, -0.2) is 0 Å². The molecule has 1 atom stereocenters. The fourth-order valence-corrected chi connectivity index (χ4v) is 1.43. The highest BCUT2D eigenvalue weighted by atomic mass is 35.5. The van der Waals surface area contributed by atoms with Crippen molar-refractivity contribution in [2.75, 3.05) is 13.0 Å². The first-order valence-electron chi connectivity index (χ1n) is 5.04. The lowest BCUT2D eigenvalue weighted by Gasteiger charge is -2.12. The van der Waals surface area contributed by atoms with Crippen LogP contribution in [0.3, 0.4) is 0 Å². The summed E-state index contributed by atoms with van der Waals surface area (Å²) in [7, 11) is 1.62. The van der Waals surface area contributed by atoms with Crippen molar-refractivity contribution in [2.45, 2.75) is 19.1 Å². The summed E-state index contributed by atoms with van der Waals surface area (Å²) in [5, 5.41) is 0. The minimum absolute atomic E-state index is 0.207. The Balaban J connectivity index is 2.43. The van der Waals surface area contributed by atoms with Gasteiger partial charge in [0.05, 0.1) is 19.8 Å². The fourth-order valence-electron chi connectivity index (χ4n) is 1.22. The van der Waals surface area contributed by atoms with Crippen LogP contribution < -0.4 is 4.74 Å². The lowest BCUT2D eigenvalue weighted by molar-refractivity contribution is -0.110. The van der Waals surface area contributed by atoms with E-state index in [2.05, 4.69) is 0 Å². The van der Waals surface area contributed by atoms with Gasteiger partial charge in [-0.2, -0.15) is 0 Å². The van der Waals surface area contributed by atoms with Crippen LogP contribution in [0.2, 0.25) is 0 Å². The van der Waals surface area contributed by atoms with Gasteiger partial charge in [0, 0.05) is 12.3 Å². The van der Waals surface area contributed by atoms with Gasteiger partial charge in [0.1, 0.15) is 12.0 Å². The van der Waals surface area contributed by atoms with Crippen LogP contribution in [0.5, 0.6) is 5.75 Å². The number of carbonyl (C=O) groups is 1. The maximum atomic E-state index is 10.3. The lowest BCUT2D eigenvalue weighted by Crippen LogP contribution is -2.15. The summed E-state index contributed by atoms with van der Waals surface area (Å²) in [6.07, 6.45) is 0.946. The summed E-state index contributed by atoms with van der Waals surface area (Å²) in [4.78, 5) is 10.3. The molecule has 0 amide bonds. The van der Waals surface area contributed by atoms with E-state index in [1.165, 1.54) is 0 Å². The SMILES string of the molecule is COc1ccc(CO[C@H](CCl)CC=O)cc1. The Bertz CT molecular complexity index is 311. The van der Waals surface area contributed by atoms with E-state index >= 15 is 0 Å². The third-order valence-corrected chi connectivity index (χ3v) is 2.52. The molecule has 0 aromatic heterocycles. The molecule has 0 fully saturated rings. The van der Waals surface area contributed by atoms with Gasteiger partial charge in [0.25, 0.3) is 0 Å². The van der Waals surface area contributed by atoms with Gasteiger partial charge >= 0.3 is 0 Å². The van der Waals surface area contributed by atoms with E-state index in [4.69, 9.17) is 21.1 Å². The molecule has 1 rings (SSSR count). The molecule has 0 aliphatic heterocycles. The molecule has 0 spiro atoms. The number of carbonyl (C=O) groups excluding carboxylic acids is 1. The number of hydrogen-bond acceptors (Lipinski definition) is 3. The molecule has 4 heteroatoms. The second-order valence-electron chi connectivity index (χ2n) is 3.34. The Hall–Kier alpha value is -1.06. The van der Waals surface area contributed by atoms with Crippen LogP contribution in [0.4, 0.5) is 0 Å². The van der Waals surface area contributed by atoms with Crippen molar-refractivity contribution in [2.24, 2.45) is 0 Å². The fraction of sp³-hybridized carbons (Fsp3) is 0.417. The maximum Gasteiger partial charge on any atom is 0.122 e. The van der Waals surface area contributed by atoms with Crippen LogP contribution in [0, 0.1) is 0 Å². The summed E-state index contributed by atoms with van der Waals surface area (Å²) >= 11 is 5.66. The van der Waals surface area contributed by atoms with E-state index in [1.807, 2.05) is 24.3 Å². The Morgan fingerprint density at radius 3 is 2.56 bits per heavy atom. The second kappa shape index (κ2) is 7.25. The first-order valence-corrected chi connectivity index (χ1v) is 5.57. The quantitative estimate of drug-likeness (QED) is 0.544. The van der Waals surface area contributed by atoms with Crippen molar-refractivity contribution < 1.29 is 14.3 Å². The summed E-state index contributed by atoms with van der Waals surface area (Å²) < 4.78 is 10.5. The average Bonchev–Trinajstić information content (AvgIpc) is 2.35. The van der Waals surface area contributed by atoms with Crippen molar-refractivity contribution in [1.29, 1.82) is 0 Å². The summed E-state index contributed by atoms with van der Waals surface area (Å²) in [5.41, 5.74) is 1.03. The molecule has 0 radical (unpaired) electrons. The molecule has 0 bridgehead atoms. The molecule has 0 aliphatic rings. The predicted molar refractivity (Wildman–Crippen MR) is 63.0 cm³/mol. The van der Waals surface area contributed by atoms with Gasteiger partial charge in [-0.1, -0.05) is 12.1 Å². The average molecular weight is 243 g/mol. The van der Waals surface area contributed by atoms with Gasteiger partial charge in [-0.3, -0.25) is 0 Å². The van der Waals surface area contributed by atoms with Crippen LogP contribution >= 0.6 is 11.6 Å². The van der Waals surface area contributed by atoms with E-state index in [1.54, 1.807) is 7.11 Å². The molecule has 0 N–H and O–H groups in total. The minimum atomic E-state index is -0.207. The number of halogens is 1. The third-order valence-electron chi connectivity index (χ3n) is 2.18. The minimum Gasteiger partial charge on any atom is -0.497 e.